The Morgan fingerprint density at radius 1 is 1.43 bits per heavy atom. The van der Waals surface area contributed by atoms with Gasteiger partial charge in [-0.3, -0.25) is 4.79 Å². The molecule has 0 aliphatic carbocycles. The van der Waals surface area contributed by atoms with Crippen LogP contribution in [-0.2, 0) is 4.79 Å². The molecule has 2 heterocycles. The molecular weight excluding hydrogens is 374 g/mol. The number of amides is 1. The van der Waals surface area contributed by atoms with Crippen LogP contribution in [-0.4, -0.2) is 30.2 Å². The number of halogens is 1. The van der Waals surface area contributed by atoms with E-state index in [2.05, 4.69) is 31.4 Å². The third-order valence-corrected chi connectivity index (χ3v) is 6.07. The molecule has 1 aromatic heterocycles. The molecule has 21 heavy (non-hydrogen) atoms. The molecule has 1 aromatic carbocycles. The normalized spacial score (nSPS) is 16.8. The molecule has 0 radical (unpaired) electrons. The van der Waals surface area contributed by atoms with Gasteiger partial charge in [0.15, 0.2) is 4.34 Å². The van der Waals surface area contributed by atoms with E-state index < -0.39 is 6.04 Å². The largest absolute Gasteiger partial charge is 0.353 e. The maximum Gasteiger partial charge on any atom is 0.245 e. The Bertz CT molecular complexity index is 718. The molecule has 0 bridgehead atoms. The summed E-state index contributed by atoms with van der Waals surface area (Å²) in [6, 6.07) is 3.19. The van der Waals surface area contributed by atoms with Gasteiger partial charge in [-0.05, 0) is 28.1 Å². The van der Waals surface area contributed by atoms with E-state index in [4.69, 9.17) is 5.73 Å². The predicted molar refractivity (Wildman–Crippen MR) is 88.1 cm³/mol. The summed E-state index contributed by atoms with van der Waals surface area (Å²) in [5.74, 6) is -0.176. The van der Waals surface area contributed by atoms with Crippen molar-refractivity contribution in [2.75, 3.05) is 24.3 Å². The van der Waals surface area contributed by atoms with Gasteiger partial charge in [0, 0.05) is 34.7 Å². The van der Waals surface area contributed by atoms with Crippen LogP contribution in [0.3, 0.4) is 0 Å². The van der Waals surface area contributed by atoms with E-state index in [9.17, 15) is 4.79 Å². The van der Waals surface area contributed by atoms with Crippen LogP contribution >= 0.6 is 39.0 Å². The number of rotatable bonds is 3. The number of hydrogen-bond acceptors (Lipinski definition) is 7. The second kappa shape index (κ2) is 5.56. The van der Waals surface area contributed by atoms with E-state index in [1.54, 1.807) is 0 Å². The van der Waals surface area contributed by atoms with Gasteiger partial charge < -0.3 is 16.0 Å². The predicted octanol–water partition coefficient (Wildman–Crippen LogP) is 2.47. The lowest BCUT2D eigenvalue weighted by molar-refractivity contribution is -0.116. The quantitative estimate of drug-likeness (QED) is 0.843. The number of hydrogen-bond donors (Lipinski definition) is 2. The van der Waals surface area contributed by atoms with Crippen molar-refractivity contribution in [2.24, 2.45) is 5.73 Å². The molecule has 1 aliphatic rings. The summed E-state index contributed by atoms with van der Waals surface area (Å²) in [5, 5.41) is 11.9. The van der Waals surface area contributed by atoms with E-state index >= 15 is 0 Å². The first-order valence-electron chi connectivity index (χ1n) is 6.04. The fraction of sp³-hybridized carbons (Fsp3) is 0.250. The molecule has 1 aliphatic heterocycles. The van der Waals surface area contributed by atoms with Gasteiger partial charge in [-0.1, -0.05) is 23.1 Å². The number of fused-ring (bicyclic) bond motifs is 1. The van der Waals surface area contributed by atoms with Gasteiger partial charge in [-0.25, -0.2) is 0 Å². The van der Waals surface area contributed by atoms with Crippen molar-refractivity contribution in [3.05, 3.63) is 22.2 Å². The highest BCUT2D eigenvalue weighted by Gasteiger charge is 2.28. The van der Waals surface area contributed by atoms with Crippen LogP contribution in [0.15, 0.2) is 25.8 Å². The minimum atomic E-state index is -0.600. The zero-order valence-electron chi connectivity index (χ0n) is 11.3. The Morgan fingerprint density at radius 2 is 2.19 bits per heavy atom. The summed E-state index contributed by atoms with van der Waals surface area (Å²) in [6.07, 6.45) is 0. The van der Waals surface area contributed by atoms with Gasteiger partial charge in [0.05, 0.1) is 0 Å². The smallest absolute Gasteiger partial charge is 0.245 e. The Kier molecular flexibility index (Phi) is 3.91. The first-order chi connectivity index (χ1) is 9.95. The standard InChI is InChI=1S/C12H12BrN5OS2/c1-18(2)11-16-17-12(21-11)20-8-4-7-5(3-6(8)13)9(14)10(19)15-7/h3-4,9H,14H2,1-2H3,(H,15,19). The van der Waals surface area contributed by atoms with Gasteiger partial charge >= 0.3 is 0 Å². The zero-order chi connectivity index (χ0) is 15.1. The molecule has 0 saturated heterocycles. The van der Waals surface area contributed by atoms with Crippen LogP contribution in [0, 0.1) is 0 Å². The van der Waals surface area contributed by atoms with Crippen molar-refractivity contribution in [1.29, 1.82) is 0 Å². The summed E-state index contributed by atoms with van der Waals surface area (Å²) < 4.78 is 1.73. The highest BCUT2D eigenvalue weighted by molar-refractivity contribution is 9.10. The maximum absolute atomic E-state index is 11.6. The molecule has 0 fully saturated rings. The van der Waals surface area contributed by atoms with Gasteiger partial charge in [-0.2, -0.15) is 0 Å². The molecule has 1 unspecified atom stereocenters. The van der Waals surface area contributed by atoms with Gasteiger partial charge in [0.1, 0.15) is 6.04 Å². The summed E-state index contributed by atoms with van der Waals surface area (Å²) in [4.78, 5) is 14.5. The molecule has 1 amide bonds. The van der Waals surface area contributed by atoms with Crippen LogP contribution < -0.4 is 16.0 Å². The summed E-state index contributed by atoms with van der Waals surface area (Å²) in [7, 11) is 3.86. The number of carbonyl (C=O) groups is 1. The molecule has 110 valence electrons. The number of nitrogens with zero attached hydrogens (tertiary/aromatic N) is 3. The third-order valence-electron chi connectivity index (χ3n) is 2.96. The molecule has 0 spiro atoms. The zero-order valence-corrected chi connectivity index (χ0v) is 14.5. The van der Waals surface area contributed by atoms with Crippen molar-refractivity contribution in [3.8, 4) is 0 Å². The number of nitrogens with two attached hydrogens (primary N) is 1. The van der Waals surface area contributed by atoms with Crippen LogP contribution in [0.4, 0.5) is 10.8 Å². The van der Waals surface area contributed by atoms with Crippen LogP contribution in [0.5, 0.6) is 0 Å². The number of carbonyl (C=O) groups excluding carboxylic acids is 1. The van der Waals surface area contributed by atoms with Crippen molar-refractivity contribution in [2.45, 2.75) is 15.3 Å². The molecule has 2 aromatic rings. The highest BCUT2D eigenvalue weighted by atomic mass is 79.9. The average molecular weight is 386 g/mol. The number of nitrogens with one attached hydrogen (secondary N) is 1. The fourth-order valence-corrected chi connectivity index (χ4v) is 4.25. The minimum Gasteiger partial charge on any atom is -0.353 e. The second-order valence-electron chi connectivity index (χ2n) is 4.68. The summed E-state index contributed by atoms with van der Waals surface area (Å²) >= 11 is 6.53. The second-order valence-corrected chi connectivity index (χ2v) is 7.78. The third kappa shape index (κ3) is 2.78. The van der Waals surface area contributed by atoms with Gasteiger partial charge in [0.2, 0.25) is 11.0 Å². The van der Waals surface area contributed by atoms with Crippen molar-refractivity contribution in [3.63, 3.8) is 0 Å². The first-order valence-corrected chi connectivity index (χ1v) is 8.47. The highest BCUT2D eigenvalue weighted by Crippen LogP contribution is 2.41. The lowest BCUT2D eigenvalue weighted by Gasteiger charge is -2.07. The Labute approximate surface area is 138 Å². The van der Waals surface area contributed by atoms with Crippen molar-refractivity contribution >= 4 is 55.8 Å². The van der Waals surface area contributed by atoms with Crippen LogP contribution in [0.2, 0.25) is 0 Å². The van der Waals surface area contributed by atoms with Gasteiger partial charge in [0.25, 0.3) is 0 Å². The maximum atomic E-state index is 11.6. The molecule has 3 N–H and O–H groups in total. The van der Waals surface area contributed by atoms with Crippen LogP contribution in [0.25, 0.3) is 0 Å². The Hall–Kier alpha value is -1.16. The monoisotopic (exact) mass is 385 g/mol. The average Bonchev–Trinajstić information content (AvgIpc) is 2.99. The fourth-order valence-electron chi connectivity index (χ4n) is 1.88. The molecule has 0 saturated carbocycles. The van der Waals surface area contributed by atoms with Gasteiger partial charge in [-0.15, -0.1) is 10.2 Å². The molecule has 3 rings (SSSR count). The van der Waals surface area contributed by atoms with E-state index in [0.717, 1.165) is 30.1 Å². The molecule has 1 atom stereocenters. The Balaban J connectivity index is 1.89. The number of anilines is 2. The molecular formula is C12H12BrN5OS2. The lowest BCUT2D eigenvalue weighted by atomic mass is 10.1. The number of benzene rings is 1. The minimum absolute atomic E-state index is 0.176. The van der Waals surface area contributed by atoms with E-state index in [-0.39, 0.29) is 5.91 Å². The van der Waals surface area contributed by atoms with Crippen molar-refractivity contribution in [1.82, 2.24) is 10.2 Å². The Morgan fingerprint density at radius 3 is 2.86 bits per heavy atom. The van der Waals surface area contributed by atoms with Crippen LogP contribution in [0.1, 0.15) is 11.6 Å². The first kappa shape index (κ1) is 14.8. The lowest BCUT2D eigenvalue weighted by Crippen LogP contribution is -2.19. The van der Waals surface area contributed by atoms with E-state index in [0.29, 0.717) is 0 Å². The SMILES string of the molecule is CN(C)c1nnc(Sc2cc3c(cc2Br)C(N)C(=O)N3)s1. The van der Waals surface area contributed by atoms with E-state index in [1.165, 1.54) is 23.1 Å². The molecule has 9 heteroatoms. The van der Waals surface area contributed by atoms with E-state index in [1.807, 2.05) is 31.1 Å². The summed E-state index contributed by atoms with van der Waals surface area (Å²) in [6.45, 7) is 0. The molecule has 6 nitrogen and oxygen atoms in total. The topological polar surface area (TPSA) is 84.1 Å². The summed E-state index contributed by atoms with van der Waals surface area (Å²) in [5.41, 5.74) is 7.40. The van der Waals surface area contributed by atoms with Crippen molar-refractivity contribution < 1.29 is 4.79 Å². The number of aromatic nitrogens is 2.